The summed E-state index contributed by atoms with van der Waals surface area (Å²) in [5, 5.41) is 3.51. The Morgan fingerprint density at radius 1 is 1.33 bits per heavy atom. The zero-order valence-electron chi connectivity index (χ0n) is 11.6. The molecule has 1 aromatic heterocycles. The molecule has 1 aliphatic heterocycles. The van der Waals surface area contributed by atoms with Gasteiger partial charge in [-0.05, 0) is 11.4 Å². The zero-order chi connectivity index (χ0) is 15.6. The van der Waals surface area contributed by atoms with E-state index in [9.17, 15) is 18.0 Å². The average molecular weight is 331 g/mol. The van der Waals surface area contributed by atoms with E-state index in [0.29, 0.717) is 5.56 Å². The quantitative estimate of drug-likeness (QED) is 0.812. The highest BCUT2D eigenvalue weighted by molar-refractivity contribution is 7.88. The van der Waals surface area contributed by atoms with E-state index in [2.05, 4.69) is 0 Å². The Balaban J connectivity index is 2.22. The molecule has 2 N–H and O–H groups in total. The van der Waals surface area contributed by atoms with E-state index in [1.165, 1.54) is 20.5 Å². The van der Waals surface area contributed by atoms with Crippen LogP contribution in [0.5, 0.6) is 0 Å². The Labute approximate surface area is 127 Å². The summed E-state index contributed by atoms with van der Waals surface area (Å²) in [6.07, 6.45) is 1.08. The SMILES string of the molecule is CS(=O)(=O)N1CCN(C(=O)c2ccsc2)C[C@H](C(N)=O)C1. The molecule has 116 valence electrons. The highest BCUT2D eigenvalue weighted by atomic mass is 32.2. The first-order valence-electron chi connectivity index (χ1n) is 6.35. The van der Waals surface area contributed by atoms with Gasteiger partial charge in [0.25, 0.3) is 5.91 Å². The molecule has 1 aromatic rings. The van der Waals surface area contributed by atoms with Crippen LogP contribution in [0, 0.1) is 5.92 Å². The number of thiophene rings is 1. The van der Waals surface area contributed by atoms with Crippen LogP contribution in [0.25, 0.3) is 0 Å². The van der Waals surface area contributed by atoms with Gasteiger partial charge in [-0.15, -0.1) is 0 Å². The van der Waals surface area contributed by atoms with Gasteiger partial charge in [0.2, 0.25) is 15.9 Å². The lowest BCUT2D eigenvalue weighted by molar-refractivity contribution is -0.122. The van der Waals surface area contributed by atoms with Crippen molar-refractivity contribution >= 4 is 33.2 Å². The fourth-order valence-electron chi connectivity index (χ4n) is 2.22. The minimum atomic E-state index is -3.43. The molecule has 0 bridgehead atoms. The number of nitrogens with two attached hydrogens (primary N) is 1. The third kappa shape index (κ3) is 3.80. The molecule has 2 amide bonds. The predicted octanol–water partition coefficient (Wildman–Crippen LogP) is -0.433. The molecule has 9 heteroatoms. The minimum absolute atomic E-state index is 0.0155. The summed E-state index contributed by atoms with van der Waals surface area (Å²) in [4.78, 5) is 25.3. The highest BCUT2D eigenvalue weighted by Crippen LogP contribution is 2.16. The number of amides is 2. The lowest BCUT2D eigenvalue weighted by Crippen LogP contribution is -2.41. The van der Waals surface area contributed by atoms with E-state index in [4.69, 9.17) is 5.73 Å². The smallest absolute Gasteiger partial charge is 0.254 e. The Morgan fingerprint density at radius 2 is 2.05 bits per heavy atom. The number of nitrogens with zero attached hydrogens (tertiary/aromatic N) is 2. The third-order valence-electron chi connectivity index (χ3n) is 3.41. The van der Waals surface area contributed by atoms with E-state index in [1.807, 2.05) is 0 Å². The van der Waals surface area contributed by atoms with Crippen molar-refractivity contribution in [3.8, 4) is 0 Å². The van der Waals surface area contributed by atoms with Crippen LogP contribution in [0.3, 0.4) is 0 Å². The van der Waals surface area contributed by atoms with Gasteiger partial charge in [-0.3, -0.25) is 9.59 Å². The van der Waals surface area contributed by atoms with Crippen LogP contribution in [0.1, 0.15) is 10.4 Å². The second-order valence-corrected chi connectivity index (χ2v) is 7.75. The van der Waals surface area contributed by atoms with Gasteiger partial charge in [-0.1, -0.05) is 0 Å². The number of primary amides is 1. The molecule has 2 rings (SSSR count). The van der Waals surface area contributed by atoms with E-state index >= 15 is 0 Å². The Hall–Kier alpha value is -1.45. The van der Waals surface area contributed by atoms with Crippen molar-refractivity contribution in [1.29, 1.82) is 0 Å². The first kappa shape index (κ1) is 15.9. The standard InChI is InChI=1S/C12H17N3O4S2/c1-21(18,19)15-4-3-14(6-10(7-15)11(13)16)12(17)9-2-5-20-8-9/h2,5,8,10H,3-4,6-7H2,1H3,(H2,13,16)/t10-/m0/s1. The summed E-state index contributed by atoms with van der Waals surface area (Å²) in [6.45, 7) is 0.557. The number of rotatable bonds is 3. The fraction of sp³-hybridized carbons (Fsp3) is 0.500. The number of sulfonamides is 1. The van der Waals surface area contributed by atoms with Crippen molar-refractivity contribution in [2.24, 2.45) is 11.7 Å². The van der Waals surface area contributed by atoms with Crippen LogP contribution in [0.2, 0.25) is 0 Å². The summed E-state index contributed by atoms with van der Waals surface area (Å²) in [7, 11) is -3.43. The number of carbonyl (C=O) groups excluding carboxylic acids is 2. The lowest BCUT2D eigenvalue weighted by Gasteiger charge is -2.22. The molecule has 0 saturated carbocycles. The van der Waals surface area contributed by atoms with Crippen LogP contribution in [0.4, 0.5) is 0 Å². The van der Waals surface area contributed by atoms with Crippen LogP contribution in [-0.4, -0.2) is 61.9 Å². The van der Waals surface area contributed by atoms with Crippen molar-refractivity contribution in [2.75, 3.05) is 32.4 Å². The fourth-order valence-corrected chi connectivity index (χ4v) is 3.71. The summed E-state index contributed by atoms with van der Waals surface area (Å²) < 4.78 is 24.6. The van der Waals surface area contributed by atoms with Gasteiger partial charge in [0.05, 0.1) is 17.7 Å². The Morgan fingerprint density at radius 3 is 2.57 bits per heavy atom. The van der Waals surface area contributed by atoms with Gasteiger partial charge in [-0.25, -0.2) is 8.42 Å². The molecule has 0 radical (unpaired) electrons. The molecule has 1 saturated heterocycles. The van der Waals surface area contributed by atoms with Gasteiger partial charge >= 0.3 is 0 Å². The van der Waals surface area contributed by atoms with Crippen LogP contribution in [-0.2, 0) is 14.8 Å². The van der Waals surface area contributed by atoms with Crippen LogP contribution < -0.4 is 5.73 Å². The lowest BCUT2D eigenvalue weighted by atomic mass is 10.1. The third-order valence-corrected chi connectivity index (χ3v) is 5.36. The molecule has 0 aromatic carbocycles. The van der Waals surface area contributed by atoms with Crippen molar-refractivity contribution in [3.05, 3.63) is 22.4 Å². The molecular weight excluding hydrogens is 314 g/mol. The summed E-state index contributed by atoms with van der Waals surface area (Å²) in [5.41, 5.74) is 5.86. The predicted molar refractivity (Wildman–Crippen MR) is 79.3 cm³/mol. The molecular formula is C12H17N3O4S2. The Bertz CT molecular complexity index is 627. The maximum Gasteiger partial charge on any atom is 0.254 e. The van der Waals surface area contributed by atoms with E-state index in [1.54, 1.807) is 16.8 Å². The zero-order valence-corrected chi connectivity index (χ0v) is 13.2. The first-order chi connectivity index (χ1) is 9.79. The van der Waals surface area contributed by atoms with Gasteiger partial charge in [0.15, 0.2) is 0 Å². The maximum atomic E-state index is 12.4. The van der Waals surface area contributed by atoms with Gasteiger partial charge in [0.1, 0.15) is 0 Å². The first-order valence-corrected chi connectivity index (χ1v) is 9.14. The van der Waals surface area contributed by atoms with Gasteiger partial charge < -0.3 is 10.6 Å². The normalized spacial score (nSPS) is 21.0. The summed E-state index contributed by atoms with van der Waals surface area (Å²) >= 11 is 1.40. The van der Waals surface area contributed by atoms with Gasteiger partial charge in [0, 0.05) is 31.6 Å². The van der Waals surface area contributed by atoms with Gasteiger partial charge in [-0.2, -0.15) is 15.6 Å². The second kappa shape index (κ2) is 6.12. The highest BCUT2D eigenvalue weighted by Gasteiger charge is 2.32. The van der Waals surface area contributed by atoms with Crippen molar-refractivity contribution in [2.45, 2.75) is 0 Å². The summed E-state index contributed by atoms with van der Waals surface area (Å²) in [5.74, 6) is -1.52. The van der Waals surface area contributed by atoms with Crippen molar-refractivity contribution in [1.82, 2.24) is 9.21 Å². The number of hydrogen-bond acceptors (Lipinski definition) is 5. The molecule has 1 aliphatic rings. The summed E-state index contributed by atoms with van der Waals surface area (Å²) in [6, 6.07) is 1.70. The molecule has 2 heterocycles. The van der Waals surface area contributed by atoms with Crippen molar-refractivity contribution in [3.63, 3.8) is 0 Å². The topological polar surface area (TPSA) is 101 Å². The van der Waals surface area contributed by atoms with E-state index < -0.39 is 21.8 Å². The minimum Gasteiger partial charge on any atom is -0.369 e. The van der Waals surface area contributed by atoms with Crippen molar-refractivity contribution < 1.29 is 18.0 Å². The maximum absolute atomic E-state index is 12.4. The van der Waals surface area contributed by atoms with E-state index in [0.717, 1.165) is 6.26 Å². The molecule has 0 unspecified atom stereocenters. The Kier molecular flexibility index (Phi) is 4.64. The molecule has 7 nitrogen and oxygen atoms in total. The molecule has 21 heavy (non-hydrogen) atoms. The number of hydrogen-bond donors (Lipinski definition) is 1. The molecule has 1 fully saturated rings. The average Bonchev–Trinajstić information content (AvgIpc) is 2.81. The van der Waals surface area contributed by atoms with E-state index in [-0.39, 0.29) is 32.1 Å². The van der Waals surface area contributed by atoms with Crippen LogP contribution >= 0.6 is 11.3 Å². The van der Waals surface area contributed by atoms with Crippen LogP contribution in [0.15, 0.2) is 16.8 Å². The molecule has 0 spiro atoms. The number of carbonyl (C=O) groups is 2. The molecule has 1 atom stereocenters. The molecule has 0 aliphatic carbocycles. The monoisotopic (exact) mass is 331 g/mol. The second-order valence-electron chi connectivity index (χ2n) is 4.98. The largest absolute Gasteiger partial charge is 0.369 e.